The average Bonchev–Trinajstić information content (AvgIpc) is 2.77. The lowest BCUT2D eigenvalue weighted by Gasteiger charge is -2.14. The highest BCUT2D eigenvalue weighted by atomic mass is 19.1. The third-order valence-electron chi connectivity index (χ3n) is 3.23. The van der Waals surface area contributed by atoms with Gasteiger partial charge in [0.25, 0.3) is 0 Å². The molecule has 0 saturated carbocycles. The van der Waals surface area contributed by atoms with Gasteiger partial charge in [-0.2, -0.15) is 5.10 Å². The Morgan fingerprint density at radius 3 is 2.83 bits per heavy atom. The van der Waals surface area contributed by atoms with Crippen LogP contribution in [0.4, 0.5) is 8.78 Å². The van der Waals surface area contributed by atoms with Crippen molar-refractivity contribution in [3.8, 4) is 0 Å². The summed E-state index contributed by atoms with van der Waals surface area (Å²) in [5.41, 5.74) is -0.620. The topological polar surface area (TPSA) is 43.2 Å². The van der Waals surface area contributed by atoms with Crippen molar-refractivity contribution in [1.82, 2.24) is 14.8 Å². The van der Waals surface area contributed by atoms with Crippen LogP contribution in [0.15, 0.2) is 30.9 Å². The van der Waals surface area contributed by atoms with E-state index in [1.165, 1.54) is 18.7 Å². The number of ether oxygens (including phenoxy) is 1. The fourth-order valence-electron chi connectivity index (χ4n) is 2.19. The van der Waals surface area contributed by atoms with Crippen molar-refractivity contribution in [2.75, 3.05) is 0 Å². The van der Waals surface area contributed by atoms with Gasteiger partial charge >= 0.3 is 0 Å². The summed E-state index contributed by atoms with van der Waals surface area (Å²) in [5.74, 6) is -0.951. The van der Waals surface area contributed by atoms with Crippen molar-refractivity contribution in [2.45, 2.75) is 25.2 Å². The van der Waals surface area contributed by atoms with E-state index in [4.69, 9.17) is 4.74 Å². The lowest BCUT2D eigenvalue weighted by molar-refractivity contribution is 0.257. The first-order valence-corrected chi connectivity index (χ1v) is 5.57. The fraction of sp³-hybridized carbons (Fsp3) is 0.333. The Balaban J connectivity index is 1.99. The maximum Gasteiger partial charge on any atom is 0.142 e. The van der Waals surface area contributed by atoms with E-state index in [1.807, 2.05) is 6.92 Å². The minimum absolute atomic E-state index is 0.182. The number of hydrogen-bond acceptors (Lipinski definition) is 3. The van der Waals surface area contributed by atoms with E-state index in [9.17, 15) is 8.78 Å². The Hall–Kier alpha value is -1.82. The van der Waals surface area contributed by atoms with Crippen molar-refractivity contribution in [3.05, 3.63) is 48.1 Å². The highest BCUT2D eigenvalue weighted by molar-refractivity contribution is 5.31. The first kappa shape index (κ1) is 11.3. The van der Waals surface area contributed by atoms with Crippen molar-refractivity contribution in [1.29, 1.82) is 0 Å². The molecule has 2 aromatic rings. The van der Waals surface area contributed by atoms with Crippen LogP contribution in [0.2, 0.25) is 0 Å². The van der Waals surface area contributed by atoms with Crippen LogP contribution in [0.25, 0.3) is 0 Å². The van der Waals surface area contributed by atoms with Crippen LogP contribution in [0.3, 0.4) is 0 Å². The van der Waals surface area contributed by atoms with Crippen LogP contribution in [-0.4, -0.2) is 20.9 Å². The number of nitrogens with zero attached hydrogens (tertiary/aromatic N) is 3. The number of benzene rings is 1. The average molecular weight is 251 g/mol. The molecule has 0 spiro atoms. The van der Waals surface area contributed by atoms with Crippen LogP contribution in [0.5, 0.6) is 0 Å². The fourth-order valence-corrected chi connectivity index (χ4v) is 2.19. The zero-order valence-electron chi connectivity index (χ0n) is 9.68. The molecule has 0 aliphatic carbocycles. The molecular weight excluding hydrogens is 240 g/mol. The maximum atomic E-state index is 13.8. The van der Waals surface area contributed by atoms with Gasteiger partial charge in [-0.05, 0) is 25.1 Å². The van der Waals surface area contributed by atoms with E-state index in [1.54, 1.807) is 4.68 Å². The number of halogens is 2. The summed E-state index contributed by atoms with van der Waals surface area (Å²) in [6.07, 6.45) is 2.73. The van der Waals surface area contributed by atoms with Crippen LogP contribution in [0.1, 0.15) is 12.5 Å². The van der Waals surface area contributed by atoms with Gasteiger partial charge in [-0.15, -0.1) is 0 Å². The van der Waals surface area contributed by atoms with E-state index in [0.29, 0.717) is 6.54 Å². The Labute approximate surface area is 102 Å². The second kappa shape index (κ2) is 3.84. The largest absolute Gasteiger partial charge is 0.359 e. The van der Waals surface area contributed by atoms with Gasteiger partial charge in [0.05, 0.1) is 12.6 Å². The van der Waals surface area contributed by atoms with Crippen molar-refractivity contribution < 1.29 is 13.5 Å². The number of rotatable bonds is 3. The van der Waals surface area contributed by atoms with Crippen molar-refractivity contribution in [2.24, 2.45) is 0 Å². The monoisotopic (exact) mass is 251 g/mol. The molecule has 1 aliphatic rings. The minimum Gasteiger partial charge on any atom is -0.359 e. The molecule has 94 valence electrons. The lowest BCUT2D eigenvalue weighted by atomic mass is 9.95. The molecule has 6 heteroatoms. The van der Waals surface area contributed by atoms with E-state index < -0.39 is 17.2 Å². The quantitative estimate of drug-likeness (QED) is 0.782. The zero-order valence-corrected chi connectivity index (χ0v) is 9.68. The summed E-state index contributed by atoms with van der Waals surface area (Å²) in [7, 11) is 0. The summed E-state index contributed by atoms with van der Waals surface area (Å²) < 4.78 is 34.1. The number of hydrogen-bond donors (Lipinski definition) is 0. The van der Waals surface area contributed by atoms with E-state index in [0.717, 1.165) is 12.1 Å². The predicted molar refractivity (Wildman–Crippen MR) is 58.6 cm³/mol. The summed E-state index contributed by atoms with van der Waals surface area (Å²) in [6, 6.07) is 3.38. The molecule has 0 radical (unpaired) electrons. The van der Waals surface area contributed by atoms with E-state index in [2.05, 4.69) is 10.1 Å². The zero-order chi connectivity index (χ0) is 12.8. The third kappa shape index (κ3) is 1.69. The summed E-state index contributed by atoms with van der Waals surface area (Å²) in [6.45, 7) is 2.13. The highest BCUT2D eigenvalue weighted by Gasteiger charge is 2.56. The molecule has 0 bridgehead atoms. The minimum atomic E-state index is -0.847. The molecule has 2 unspecified atom stereocenters. The van der Waals surface area contributed by atoms with Gasteiger partial charge in [-0.3, -0.25) is 0 Å². The molecular formula is C12H11F2N3O. The van der Waals surface area contributed by atoms with Gasteiger partial charge in [-0.25, -0.2) is 18.4 Å². The molecule has 2 heterocycles. The van der Waals surface area contributed by atoms with Crippen molar-refractivity contribution >= 4 is 0 Å². The molecule has 3 rings (SSSR count). The Morgan fingerprint density at radius 2 is 2.22 bits per heavy atom. The van der Waals surface area contributed by atoms with Gasteiger partial charge in [0, 0.05) is 5.56 Å². The molecule has 1 aliphatic heterocycles. The Morgan fingerprint density at radius 1 is 1.44 bits per heavy atom. The number of epoxide rings is 1. The second-order valence-electron chi connectivity index (χ2n) is 4.37. The predicted octanol–water partition coefficient (Wildman–Crippen LogP) is 1.87. The molecule has 1 aromatic carbocycles. The smallest absolute Gasteiger partial charge is 0.142 e. The third-order valence-corrected chi connectivity index (χ3v) is 3.23. The molecule has 0 N–H and O–H groups in total. The van der Waals surface area contributed by atoms with Gasteiger partial charge in [0.1, 0.15) is 29.9 Å². The molecule has 18 heavy (non-hydrogen) atoms. The first-order chi connectivity index (χ1) is 8.62. The first-order valence-electron chi connectivity index (χ1n) is 5.57. The summed E-state index contributed by atoms with van der Waals surface area (Å²) in [5, 5.41) is 3.96. The van der Waals surface area contributed by atoms with E-state index in [-0.39, 0.29) is 11.7 Å². The molecule has 2 atom stereocenters. The summed E-state index contributed by atoms with van der Waals surface area (Å²) in [4.78, 5) is 3.82. The molecule has 1 saturated heterocycles. The lowest BCUT2D eigenvalue weighted by Crippen LogP contribution is -2.22. The Bertz CT molecular complexity index is 573. The number of aromatic nitrogens is 3. The Kier molecular flexibility index (Phi) is 2.41. The van der Waals surface area contributed by atoms with Crippen molar-refractivity contribution in [3.63, 3.8) is 0 Å². The molecule has 1 aromatic heterocycles. The van der Waals surface area contributed by atoms with Gasteiger partial charge < -0.3 is 4.74 Å². The molecule has 4 nitrogen and oxygen atoms in total. The normalized spacial score (nSPS) is 26.3. The van der Waals surface area contributed by atoms with Crippen LogP contribution in [-0.2, 0) is 16.9 Å². The maximum absolute atomic E-state index is 13.8. The summed E-state index contributed by atoms with van der Waals surface area (Å²) >= 11 is 0. The van der Waals surface area contributed by atoms with Gasteiger partial charge in [0.15, 0.2) is 0 Å². The van der Waals surface area contributed by atoms with Gasteiger partial charge in [-0.1, -0.05) is 0 Å². The standard InChI is InChI=1S/C12H11F2N3O/c1-8-12(18-8,5-17-7-15-6-16-17)10-4-9(13)2-3-11(10)14/h2-4,6-8H,5H2,1H3. The second-order valence-corrected chi connectivity index (χ2v) is 4.37. The molecule has 0 amide bonds. The van der Waals surface area contributed by atoms with Crippen LogP contribution < -0.4 is 0 Å². The SMILES string of the molecule is CC1OC1(Cn1cncn1)c1cc(F)ccc1F. The highest BCUT2D eigenvalue weighted by Crippen LogP contribution is 2.48. The van der Waals surface area contributed by atoms with Gasteiger partial charge in [0.2, 0.25) is 0 Å². The van der Waals surface area contributed by atoms with E-state index >= 15 is 0 Å². The van der Waals surface area contributed by atoms with Crippen LogP contribution >= 0.6 is 0 Å². The van der Waals surface area contributed by atoms with Crippen LogP contribution in [0, 0.1) is 11.6 Å². The molecule has 1 fully saturated rings.